The summed E-state index contributed by atoms with van der Waals surface area (Å²) in [5.41, 5.74) is -0.737. The van der Waals surface area contributed by atoms with Gasteiger partial charge in [-0.1, -0.05) is 30.4 Å². The Balaban J connectivity index is 1.97. The summed E-state index contributed by atoms with van der Waals surface area (Å²) in [6.45, 7) is 0. The van der Waals surface area contributed by atoms with Crippen LogP contribution in [0.4, 0.5) is 26.3 Å². The number of aliphatic imine (C=N–C) groups is 1. The molecular weight excluding hydrogens is 410 g/mol. The molecule has 0 saturated carbocycles. The third-order valence-corrected chi connectivity index (χ3v) is 4.06. The molecule has 0 radical (unpaired) electrons. The first-order valence-corrected chi connectivity index (χ1v) is 8.49. The second-order valence-electron chi connectivity index (χ2n) is 6.24. The molecule has 0 aliphatic carbocycles. The number of alkyl halides is 6. The Morgan fingerprint density at radius 2 is 1.47 bits per heavy atom. The molecule has 0 fully saturated rings. The van der Waals surface area contributed by atoms with Crippen molar-refractivity contribution >= 4 is 18.4 Å². The third kappa shape index (κ3) is 4.94. The number of rotatable bonds is 4. The van der Waals surface area contributed by atoms with E-state index >= 15 is 0 Å². The number of hydrogen-bond donors (Lipinski definition) is 1. The predicted molar refractivity (Wildman–Crippen MR) is 101 cm³/mol. The van der Waals surface area contributed by atoms with Crippen molar-refractivity contribution in [2.24, 2.45) is 4.99 Å². The van der Waals surface area contributed by atoms with Crippen LogP contribution in [0.5, 0.6) is 0 Å². The summed E-state index contributed by atoms with van der Waals surface area (Å²) in [6, 6.07) is 8.20. The highest BCUT2D eigenvalue weighted by Gasteiger charge is 2.36. The van der Waals surface area contributed by atoms with E-state index in [4.69, 9.17) is 0 Å². The molecule has 3 aromatic rings. The highest BCUT2D eigenvalue weighted by molar-refractivity contribution is 5.86. The van der Waals surface area contributed by atoms with E-state index in [1.807, 2.05) is 0 Å². The zero-order valence-corrected chi connectivity index (χ0v) is 15.4. The standard InChI is InChI=1S/C20H14F6N4/c1-27-11-17-18(29-30-28-17)14-4-2-3-12(7-14)5-6-13-8-15(19(21,22)23)10-16(9-13)20(24,25)26/h2-11H,1H3,(H,28,29,30)/b6-5-,27-11?. The molecule has 2 aromatic carbocycles. The molecule has 4 nitrogen and oxygen atoms in total. The summed E-state index contributed by atoms with van der Waals surface area (Å²) >= 11 is 0. The molecule has 0 saturated heterocycles. The van der Waals surface area contributed by atoms with Gasteiger partial charge in [0.05, 0.1) is 17.3 Å². The van der Waals surface area contributed by atoms with Gasteiger partial charge >= 0.3 is 12.4 Å². The molecule has 3 rings (SSSR count). The van der Waals surface area contributed by atoms with Crippen LogP contribution < -0.4 is 0 Å². The summed E-state index contributed by atoms with van der Waals surface area (Å²) in [5, 5.41) is 10.5. The number of hydrogen-bond acceptors (Lipinski definition) is 3. The van der Waals surface area contributed by atoms with Gasteiger partial charge in [-0.15, -0.1) is 0 Å². The Kier molecular flexibility index (Phi) is 5.77. The lowest BCUT2D eigenvalue weighted by molar-refractivity contribution is -0.143. The van der Waals surface area contributed by atoms with E-state index in [2.05, 4.69) is 20.4 Å². The Morgan fingerprint density at radius 1 is 0.833 bits per heavy atom. The first kappa shape index (κ1) is 21.3. The number of nitrogens with one attached hydrogen (secondary N) is 1. The fraction of sp³-hybridized carbons (Fsp3) is 0.150. The van der Waals surface area contributed by atoms with Crippen molar-refractivity contribution in [3.8, 4) is 11.3 Å². The Hall–Kier alpha value is -3.43. The van der Waals surface area contributed by atoms with Crippen LogP contribution in [0.1, 0.15) is 27.9 Å². The van der Waals surface area contributed by atoms with Crippen LogP contribution in [-0.2, 0) is 12.4 Å². The lowest BCUT2D eigenvalue weighted by atomic mass is 10.0. The molecule has 0 atom stereocenters. The second kappa shape index (κ2) is 8.13. The fourth-order valence-electron chi connectivity index (χ4n) is 2.72. The van der Waals surface area contributed by atoms with Gasteiger partial charge in [-0.25, -0.2) is 0 Å². The van der Waals surface area contributed by atoms with Crippen molar-refractivity contribution in [3.63, 3.8) is 0 Å². The Labute approximate surface area is 167 Å². The van der Waals surface area contributed by atoms with Gasteiger partial charge in [0.1, 0.15) is 11.4 Å². The van der Waals surface area contributed by atoms with Crippen molar-refractivity contribution in [1.82, 2.24) is 15.4 Å². The van der Waals surface area contributed by atoms with Gasteiger partial charge in [-0.05, 0) is 35.4 Å². The summed E-state index contributed by atoms with van der Waals surface area (Å²) < 4.78 is 78.0. The first-order valence-electron chi connectivity index (χ1n) is 8.49. The molecule has 0 aliphatic heterocycles. The largest absolute Gasteiger partial charge is 0.416 e. The van der Waals surface area contributed by atoms with Crippen LogP contribution >= 0.6 is 0 Å². The minimum Gasteiger partial charge on any atom is -0.294 e. The average molecular weight is 424 g/mol. The quantitative estimate of drug-likeness (QED) is 0.331. The number of nitrogens with zero attached hydrogens (tertiary/aromatic N) is 3. The zero-order valence-electron chi connectivity index (χ0n) is 15.4. The van der Waals surface area contributed by atoms with Crippen LogP contribution in [-0.4, -0.2) is 28.7 Å². The number of aromatic nitrogens is 3. The molecule has 0 amide bonds. The van der Waals surface area contributed by atoms with Crippen LogP contribution in [0, 0.1) is 0 Å². The number of halogens is 6. The van der Waals surface area contributed by atoms with E-state index in [1.54, 1.807) is 31.3 Å². The molecule has 156 valence electrons. The van der Waals surface area contributed by atoms with Crippen LogP contribution in [0.15, 0.2) is 47.5 Å². The molecule has 1 heterocycles. The normalized spacial score (nSPS) is 12.9. The lowest BCUT2D eigenvalue weighted by Crippen LogP contribution is -2.11. The summed E-state index contributed by atoms with van der Waals surface area (Å²) in [5.74, 6) is 0. The summed E-state index contributed by atoms with van der Waals surface area (Å²) in [6.07, 6.45) is -5.67. The van der Waals surface area contributed by atoms with Gasteiger partial charge in [-0.3, -0.25) is 4.99 Å². The topological polar surface area (TPSA) is 53.9 Å². The van der Waals surface area contributed by atoms with E-state index in [0.29, 0.717) is 34.6 Å². The summed E-state index contributed by atoms with van der Waals surface area (Å²) in [7, 11) is 1.57. The Morgan fingerprint density at radius 3 is 2.07 bits per heavy atom. The second-order valence-corrected chi connectivity index (χ2v) is 6.24. The fourth-order valence-corrected chi connectivity index (χ4v) is 2.72. The predicted octanol–water partition coefficient (Wildman–Crippen LogP) is 5.73. The van der Waals surface area contributed by atoms with Gasteiger partial charge in [0.15, 0.2) is 0 Å². The highest BCUT2D eigenvalue weighted by Crippen LogP contribution is 2.36. The SMILES string of the molecule is CN=Cc1n[nH]nc1-c1cccc(/C=C\c2cc(C(F)(F)F)cc(C(F)(F)F)c2)c1. The van der Waals surface area contributed by atoms with E-state index in [0.717, 1.165) is 0 Å². The van der Waals surface area contributed by atoms with Crippen molar-refractivity contribution in [1.29, 1.82) is 0 Å². The maximum Gasteiger partial charge on any atom is 0.416 e. The third-order valence-electron chi connectivity index (χ3n) is 4.06. The zero-order chi connectivity index (χ0) is 21.9. The molecule has 0 bridgehead atoms. The van der Waals surface area contributed by atoms with Crippen LogP contribution in [0.2, 0.25) is 0 Å². The molecule has 1 aromatic heterocycles. The van der Waals surface area contributed by atoms with E-state index in [9.17, 15) is 26.3 Å². The van der Waals surface area contributed by atoms with Crippen molar-refractivity contribution in [3.05, 3.63) is 70.4 Å². The van der Waals surface area contributed by atoms with Crippen molar-refractivity contribution in [2.45, 2.75) is 12.4 Å². The van der Waals surface area contributed by atoms with Gasteiger partial charge in [-0.2, -0.15) is 41.8 Å². The number of benzene rings is 2. The van der Waals surface area contributed by atoms with Gasteiger partial charge in [0.25, 0.3) is 0 Å². The molecular formula is C20H14F6N4. The lowest BCUT2D eigenvalue weighted by Gasteiger charge is -2.13. The molecule has 0 unspecified atom stereocenters. The van der Waals surface area contributed by atoms with E-state index < -0.39 is 23.5 Å². The highest BCUT2D eigenvalue weighted by atomic mass is 19.4. The molecule has 1 N–H and O–H groups in total. The monoisotopic (exact) mass is 424 g/mol. The molecule has 30 heavy (non-hydrogen) atoms. The maximum absolute atomic E-state index is 13.0. The van der Waals surface area contributed by atoms with Crippen molar-refractivity contribution in [2.75, 3.05) is 7.05 Å². The summed E-state index contributed by atoms with van der Waals surface area (Å²) in [4.78, 5) is 3.87. The number of aromatic amines is 1. The minimum atomic E-state index is -4.89. The molecule has 0 spiro atoms. The maximum atomic E-state index is 13.0. The van der Waals surface area contributed by atoms with Crippen LogP contribution in [0.3, 0.4) is 0 Å². The Bertz CT molecular complexity index is 1060. The van der Waals surface area contributed by atoms with E-state index in [-0.39, 0.29) is 11.6 Å². The van der Waals surface area contributed by atoms with Gasteiger partial charge < -0.3 is 0 Å². The number of H-pyrrole nitrogens is 1. The molecule has 0 aliphatic rings. The van der Waals surface area contributed by atoms with Crippen LogP contribution in [0.25, 0.3) is 23.4 Å². The average Bonchev–Trinajstić information content (AvgIpc) is 3.14. The first-order chi connectivity index (χ1) is 14.1. The van der Waals surface area contributed by atoms with Gasteiger partial charge in [0, 0.05) is 12.6 Å². The smallest absolute Gasteiger partial charge is 0.294 e. The minimum absolute atomic E-state index is 0.0966. The van der Waals surface area contributed by atoms with Gasteiger partial charge in [0.2, 0.25) is 0 Å². The molecule has 10 heteroatoms. The van der Waals surface area contributed by atoms with E-state index in [1.165, 1.54) is 18.4 Å². The van der Waals surface area contributed by atoms with Crippen molar-refractivity contribution < 1.29 is 26.3 Å².